The fraction of sp³-hybridized carbons (Fsp3) is 0.167. The minimum Gasteiger partial charge on any atom is -0.483 e. The number of amides is 1. The molecule has 0 aliphatic rings. The van der Waals surface area contributed by atoms with Crippen LogP contribution >= 0.6 is 22.9 Å². The van der Waals surface area contributed by atoms with Crippen LogP contribution in [0.15, 0.2) is 24.3 Å². The number of aliphatic hydroxyl groups excluding tert-OH is 1. The standard InChI is InChI=1S/C18H14ClF2NO3S/c1-8-11(15-12(19)3-2-9(6-23)17(15)26-8)7-25-16-13(20)4-10(18(22)24)5-14(16)21/h2-5,23H,6-7H2,1H3,(H2,22,24). The van der Waals surface area contributed by atoms with Crippen molar-refractivity contribution in [3.63, 3.8) is 0 Å². The molecular formula is C18H14ClF2NO3S. The van der Waals surface area contributed by atoms with Crippen molar-refractivity contribution < 1.29 is 23.4 Å². The minimum absolute atomic E-state index is 0.121. The Balaban J connectivity index is 1.99. The molecular weight excluding hydrogens is 384 g/mol. The van der Waals surface area contributed by atoms with E-state index < -0.39 is 23.3 Å². The Morgan fingerprint density at radius 3 is 2.54 bits per heavy atom. The Kier molecular flexibility index (Phi) is 5.13. The average Bonchev–Trinajstić information content (AvgIpc) is 2.91. The predicted octanol–water partition coefficient (Wildman–Crippen LogP) is 4.31. The largest absolute Gasteiger partial charge is 0.483 e. The van der Waals surface area contributed by atoms with Crippen LogP contribution in [0.5, 0.6) is 5.75 Å². The van der Waals surface area contributed by atoms with Crippen LogP contribution in [-0.2, 0) is 13.2 Å². The molecule has 136 valence electrons. The summed E-state index contributed by atoms with van der Waals surface area (Å²) in [6, 6.07) is 5.05. The Morgan fingerprint density at radius 2 is 1.96 bits per heavy atom. The van der Waals surface area contributed by atoms with Gasteiger partial charge in [0.2, 0.25) is 5.91 Å². The zero-order valence-corrected chi connectivity index (χ0v) is 15.2. The van der Waals surface area contributed by atoms with E-state index in [2.05, 4.69) is 0 Å². The van der Waals surface area contributed by atoms with E-state index in [0.29, 0.717) is 21.5 Å². The highest BCUT2D eigenvalue weighted by atomic mass is 35.5. The quantitative estimate of drug-likeness (QED) is 0.673. The van der Waals surface area contributed by atoms with E-state index in [4.69, 9.17) is 22.1 Å². The van der Waals surface area contributed by atoms with Gasteiger partial charge in [0, 0.05) is 31.1 Å². The first kappa shape index (κ1) is 18.6. The summed E-state index contributed by atoms with van der Waals surface area (Å²) in [5.41, 5.74) is 6.15. The zero-order chi connectivity index (χ0) is 19.0. The second-order valence-corrected chi connectivity index (χ2v) is 7.26. The van der Waals surface area contributed by atoms with Gasteiger partial charge in [-0.25, -0.2) is 8.78 Å². The molecule has 2 aromatic carbocycles. The maximum atomic E-state index is 14.1. The minimum atomic E-state index is -1.02. The van der Waals surface area contributed by atoms with Crippen LogP contribution in [0.25, 0.3) is 10.1 Å². The number of halogens is 3. The Morgan fingerprint density at radius 1 is 1.31 bits per heavy atom. The molecule has 1 aromatic heterocycles. The lowest BCUT2D eigenvalue weighted by molar-refractivity contribution is 0.0999. The van der Waals surface area contributed by atoms with Gasteiger partial charge in [-0.05, 0) is 30.7 Å². The van der Waals surface area contributed by atoms with Gasteiger partial charge in [0.05, 0.1) is 6.61 Å². The highest BCUT2D eigenvalue weighted by molar-refractivity contribution is 7.19. The van der Waals surface area contributed by atoms with Crippen molar-refractivity contribution in [3.8, 4) is 5.75 Å². The number of ether oxygens (including phenoxy) is 1. The summed E-state index contributed by atoms with van der Waals surface area (Å²) in [7, 11) is 0. The normalized spacial score (nSPS) is 11.1. The molecule has 1 heterocycles. The molecule has 4 nitrogen and oxygen atoms in total. The first-order chi connectivity index (χ1) is 12.3. The van der Waals surface area contributed by atoms with E-state index in [0.717, 1.165) is 21.7 Å². The molecule has 0 spiro atoms. The molecule has 3 aromatic rings. The third-order valence-corrected chi connectivity index (χ3v) is 5.52. The number of hydrogen-bond acceptors (Lipinski definition) is 4. The second-order valence-electron chi connectivity index (χ2n) is 5.63. The molecule has 3 rings (SSSR count). The van der Waals surface area contributed by atoms with Crippen molar-refractivity contribution in [1.29, 1.82) is 0 Å². The lowest BCUT2D eigenvalue weighted by Crippen LogP contribution is -2.12. The van der Waals surface area contributed by atoms with Crippen molar-refractivity contribution in [2.24, 2.45) is 5.73 Å². The summed E-state index contributed by atoms with van der Waals surface area (Å²) in [6.45, 7) is 1.57. The number of benzene rings is 2. The van der Waals surface area contributed by atoms with Crippen LogP contribution in [0.3, 0.4) is 0 Å². The number of carbonyl (C=O) groups is 1. The number of thiophene rings is 1. The van der Waals surface area contributed by atoms with Crippen LogP contribution in [0, 0.1) is 18.6 Å². The highest BCUT2D eigenvalue weighted by Gasteiger charge is 2.19. The number of fused-ring (bicyclic) bond motifs is 1. The maximum absolute atomic E-state index is 14.1. The molecule has 3 N–H and O–H groups in total. The summed E-state index contributed by atoms with van der Waals surface area (Å²) >= 11 is 7.70. The zero-order valence-electron chi connectivity index (χ0n) is 13.6. The van der Waals surface area contributed by atoms with Gasteiger partial charge in [0.15, 0.2) is 17.4 Å². The van der Waals surface area contributed by atoms with E-state index in [-0.39, 0.29) is 18.8 Å². The van der Waals surface area contributed by atoms with Gasteiger partial charge >= 0.3 is 0 Å². The molecule has 0 aliphatic carbocycles. The Bertz CT molecular complexity index is 996. The molecule has 0 bridgehead atoms. The molecule has 0 fully saturated rings. The van der Waals surface area contributed by atoms with Crippen LogP contribution in [0.4, 0.5) is 8.78 Å². The van der Waals surface area contributed by atoms with E-state index in [1.165, 1.54) is 11.3 Å². The molecule has 0 unspecified atom stereocenters. The summed E-state index contributed by atoms with van der Waals surface area (Å²) in [4.78, 5) is 11.9. The molecule has 0 saturated heterocycles. The lowest BCUT2D eigenvalue weighted by atomic mass is 10.1. The van der Waals surface area contributed by atoms with Gasteiger partial charge in [-0.2, -0.15) is 0 Å². The van der Waals surface area contributed by atoms with Gasteiger partial charge in [-0.1, -0.05) is 17.7 Å². The maximum Gasteiger partial charge on any atom is 0.248 e. The topological polar surface area (TPSA) is 72.6 Å². The lowest BCUT2D eigenvalue weighted by Gasteiger charge is -2.10. The molecule has 0 saturated carbocycles. The highest BCUT2D eigenvalue weighted by Crippen LogP contribution is 2.39. The van der Waals surface area contributed by atoms with Crippen molar-refractivity contribution in [1.82, 2.24) is 0 Å². The fourth-order valence-electron chi connectivity index (χ4n) is 2.67. The van der Waals surface area contributed by atoms with E-state index in [1.54, 1.807) is 12.1 Å². The molecule has 1 amide bonds. The van der Waals surface area contributed by atoms with Gasteiger partial charge in [-0.15, -0.1) is 11.3 Å². The SMILES string of the molecule is Cc1sc2c(CO)ccc(Cl)c2c1COc1c(F)cc(C(N)=O)cc1F. The van der Waals surface area contributed by atoms with Crippen molar-refractivity contribution in [3.05, 3.63) is 62.5 Å². The van der Waals surface area contributed by atoms with Gasteiger partial charge < -0.3 is 15.6 Å². The molecule has 26 heavy (non-hydrogen) atoms. The number of primary amides is 1. The van der Waals surface area contributed by atoms with Crippen molar-refractivity contribution in [2.45, 2.75) is 20.1 Å². The Labute approximate surface area is 156 Å². The van der Waals surface area contributed by atoms with Gasteiger partial charge in [0.1, 0.15) is 6.61 Å². The first-order valence-electron chi connectivity index (χ1n) is 7.55. The van der Waals surface area contributed by atoms with Crippen molar-refractivity contribution in [2.75, 3.05) is 0 Å². The second kappa shape index (κ2) is 7.19. The van der Waals surface area contributed by atoms with E-state index >= 15 is 0 Å². The van der Waals surface area contributed by atoms with E-state index in [1.807, 2.05) is 6.92 Å². The third-order valence-electron chi connectivity index (χ3n) is 3.98. The molecule has 0 aliphatic heterocycles. The molecule has 0 radical (unpaired) electrons. The van der Waals surface area contributed by atoms with Crippen LogP contribution in [0.2, 0.25) is 5.02 Å². The summed E-state index contributed by atoms with van der Waals surface area (Å²) in [6.07, 6.45) is 0. The third kappa shape index (κ3) is 3.25. The molecule has 0 atom stereocenters. The summed E-state index contributed by atoms with van der Waals surface area (Å²) < 4.78 is 34.3. The fourth-order valence-corrected chi connectivity index (χ4v) is 4.19. The van der Waals surface area contributed by atoms with E-state index in [9.17, 15) is 18.7 Å². The van der Waals surface area contributed by atoms with Crippen LogP contribution in [-0.4, -0.2) is 11.0 Å². The predicted molar refractivity (Wildman–Crippen MR) is 96.7 cm³/mol. The summed E-state index contributed by atoms with van der Waals surface area (Å²) in [5, 5.41) is 10.6. The Hall–Kier alpha value is -2.22. The number of aliphatic hydroxyl groups is 1. The number of hydrogen-bond donors (Lipinski definition) is 2. The van der Waals surface area contributed by atoms with Crippen LogP contribution in [0.1, 0.15) is 26.4 Å². The number of nitrogens with two attached hydrogens (primary N) is 1. The van der Waals surface area contributed by atoms with Gasteiger partial charge in [-0.3, -0.25) is 4.79 Å². The van der Waals surface area contributed by atoms with Crippen LogP contribution < -0.4 is 10.5 Å². The first-order valence-corrected chi connectivity index (χ1v) is 8.74. The number of aryl methyl sites for hydroxylation is 1. The molecule has 8 heteroatoms. The average molecular weight is 398 g/mol. The van der Waals surface area contributed by atoms with Crippen molar-refractivity contribution >= 4 is 38.9 Å². The monoisotopic (exact) mass is 397 g/mol. The van der Waals surface area contributed by atoms with Gasteiger partial charge in [0.25, 0.3) is 0 Å². The number of carbonyl (C=O) groups excluding carboxylic acids is 1. The number of rotatable bonds is 5. The smallest absolute Gasteiger partial charge is 0.248 e. The summed E-state index contributed by atoms with van der Waals surface area (Å²) in [5.74, 6) is -3.56.